The van der Waals surface area contributed by atoms with Crippen molar-refractivity contribution in [3.63, 3.8) is 0 Å². The van der Waals surface area contributed by atoms with Crippen molar-refractivity contribution >= 4 is 62.3 Å². The molecule has 0 spiro atoms. The summed E-state index contributed by atoms with van der Waals surface area (Å²) in [7, 11) is -4.41. The lowest BCUT2D eigenvalue weighted by Gasteiger charge is -2.13. The van der Waals surface area contributed by atoms with E-state index in [1.54, 1.807) is 4.72 Å². The molecule has 0 aliphatic carbocycles. The van der Waals surface area contributed by atoms with Gasteiger partial charge in [-0.3, -0.25) is 4.79 Å². The number of aromatic nitrogens is 3. The minimum absolute atomic E-state index is 0.0385. The lowest BCUT2D eigenvalue weighted by atomic mass is 10.2. The number of carbonyl (C=O) groups excluding carboxylic acids is 1. The molecule has 0 fully saturated rings. The molecule has 1 heterocycles. The van der Waals surface area contributed by atoms with Gasteiger partial charge in [0.2, 0.25) is 0 Å². The fourth-order valence-corrected chi connectivity index (χ4v) is 4.98. The van der Waals surface area contributed by atoms with E-state index in [1.807, 2.05) is 0 Å². The average Bonchev–Trinajstić information content (AvgIpc) is 3.01. The van der Waals surface area contributed by atoms with Crippen LogP contribution in [0.5, 0.6) is 0 Å². The molecule has 1 amide bonds. The number of benzene rings is 2. The van der Waals surface area contributed by atoms with Gasteiger partial charge in [0.25, 0.3) is 15.9 Å². The third kappa shape index (κ3) is 4.81. The molecule has 0 radical (unpaired) electrons. The Morgan fingerprint density at radius 1 is 1.03 bits per heavy atom. The highest BCUT2D eigenvalue weighted by molar-refractivity contribution is 7.90. The normalized spacial score (nSPS) is 12.1. The molecule has 3 aromatic rings. The van der Waals surface area contributed by atoms with Crippen molar-refractivity contribution in [2.24, 2.45) is 0 Å². The zero-order valence-electron chi connectivity index (χ0n) is 15.5. The smallest absolute Gasteiger partial charge is 0.266 e. The van der Waals surface area contributed by atoms with E-state index < -0.39 is 48.3 Å². The topological polar surface area (TPSA) is 93.9 Å². The lowest BCUT2D eigenvalue weighted by Crippen LogP contribution is -2.31. The van der Waals surface area contributed by atoms with Crippen molar-refractivity contribution in [3.05, 3.63) is 67.4 Å². The van der Waals surface area contributed by atoms with Gasteiger partial charge in [-0.15, -0.1) is 5.10 Å². The number of nitrogens with zero attached hydrogens (tertiary/aromatic N) is 3. The molecule has 0 atom stereocenters. The maximum absolute atomic E-state index is 12.9. The average molecular weight is 548 g/mol. The Kier molecular flexibility index (Phi) is 6.69. The van der Waals surface area contributed by atoms with Crippen LogP contribution in [0.1, 0.15) is 21.7 Å². The van der Waals surface area contributed by atoms with Crippen molar-refractivity contribution in [1.29, 1.82) is 0 Å². The number of nitrogens with one attached hydrogen (secondary N) is 1. The Morgan fingerprint density at radius 2 is 1.62 bits per heavy atom. The summed E-state index contributed by atoms with van der Waals surface area (Å²) < 4.78 is 66.6. The summed E-state index contributed by atoms with van der Waals surface area (Å²) in [6.07, 6.45) is -4.69. The first-order chi connectivity index (χ1) is 14.7. The van der Waals surface area contributed by atoms with E-state index in [0.29, 0.717) is 12.1 Å². The first-order valence-electron chi connectivity index (χ1n) is 8.23. The molecule has 15 heteroatoms. The number of sulfonamides is 1. The maximum Gasteiger partial charge on any atom is 0.416 e. The minimum Gasteiger partial charge on any atom is -0.266 e. The van der Waals surface area contributed by atoms with Crippen LogP contribution in [0, 0.1) is 6.92 Å². The summed E-state index contributed by atoms with van der Waals surface area (Å²) in [5.74, 6) is -1.17. The van der Waals surface area contributed by atoms with E-state index in [2.05, 4.69) is 10.3 Å². The van der Waals surface area contributed by atoms with Crippen LogP contribution in [0.25, 0.3) is 5.69 Å². The SMILES string of the molecule is Cc1c(C(=O)NS(=O)(=O)c2ccc(Cl)cc2Cl)nnn1-c1c(Cl)cc(C(F)(F)F)cc1Cl. The number of carbonyl (C=O) groups is 1. The zero-order chi connectivity index (χ0) is 24.0. The molecule has 3 rings (SSSR count). The molecule has 0 saturated carbocycles. The highest BCUT2D eigenvalue weighted by Crippen LogP contribution is 2.37. The second-order valence-corrected chi connectivity index (χ2v) is 9.54. The Labute approximate surface area is 199 Å². The summed E-state index contributed by atoms with van der Waals surface area (Å²) in [6, 6.07) is 4.82. The van der Waals surface area contributed by atoms with Crippen LogP contribution < -0.4 is 4.72 Å². The van der Waals surface area contributed by atoms with Crippen LogP contribution in [0.4, 0.5) is 13.2 Å². The fraction of sp³-hybridized carbons (Fsp3) is 0.118. The van der Waals surface area contributed by atoms with E-state index in [0.717, 1.165) is 10.7 Å². The predicted molar refractivity (Wildman–Crippen MR) is 112 cm³/mol. The Hall–Kier alpha value is -2.05. The predicted octanol–water partition coefficient (Wildman–Crippen LogP) is 5.33. The van der Waals surface area contributed by atoms with Gasteiger partial charge in [0, 0.05) is 5.02 Å². The van der Waals surface area contributed by atoms with E-state index in [1.165, 1.54) is 19.1 Å². The van der Waals surface area contributed by atoms with Gasteiger partial charge in [-0.1, -0.05) is 51.6 Å². The third-order valence-electron chi connectivity index (χ3n) is 4.08. The van der Waals surface area contributed by atoms with Crippen molar-refractivity contribution in [1.82, 2.24) is 19.7 Å². The number of rotatable bonds is 4. The zero-order valence-corrected chi connectivity index (χ0v) is 19.3. The molecule has 1 N–H and O–H groups in total. The Morgan fingerprint density at radius 3 is 2.16 bits per heavy atom. The van der Waals surface area contributed by atoms with E-state index >= 15 is 0 Å². The summed E-state index contributed by atoms with van der Waals surface area (Å²) >= 11 is 23.5. The van der Waals surface area contributed by atoms with Gasteiger partial charge in [0.05, 0.1) is 26.3 Å². The molecule has 0 bridgehead atoms. The number of hydrogen-bond donors (Lipinski definition) is 1. The molecular weight excluding hydrogens is 539 g/mol. The molecule has 0 aliphatic heterocycles. The van der Waals surface area contributed by atoms with Crippen LogP contribution >= 0.6 is 46.4 Å². The van der Waals surface area contributed by atoms with Crippen LogP contribution in [-0.4, -0.2) is 29.3 Å². The van der Waals surface area contributed by atoms with Gasteiger partial charge in [-0.05, 0) is 37.3 Å². The van der Waals surface area contributed by atoms with Gasteiger partial charge in [-0.2, -0.15) is 13.2 Å². The summed E-state index contributed by atoms with van der Waals surface area (Å²) in [5, 5.41) is 6.41. The van der Waals surface area contributed by atoms with Gasteiger partial charge in [0.1, 0.15) is 10.6 Å². The van der Waals surface area contributed by atoms with Crippen LogP contribution in [0.15, 0.2) is 35.2 Å². The second-order valence-electron chi connectivity index (χ2n) is 6.23. The van der Waals surface area contributed by atoms with Gasteiger partial charge < -0.3 is 0 Å². The molecule has 1 aromatic heterocycles. The maximum atomic E-state index is 12.9. The summed E-state index contributed by atoms with van der Waals surface area (Å²) in [4.78, 5) is 12.1. The first-order valence-corrected chi connectivity index (χ1v) is 11.2. The van der Waals surface area contributed by atoms with Gasteiger partial charge in [-0.25, -0.2) is 17.8 Å². The van der Waals surface area contributed by atoms with Crippen LogP contribution in [0.2, 0.25) is 20.1 Å². The first kappa shape index (κ1) is 24.6. The Balaban J connectivity index is 1.97. The molecule has 7 nitrogen and oxygen atoms in total. The highest BCUT2D eigenvalue weighted by atomic mass is 35.5. The molecule has 0 aliphatic rings. The van der Waals surface area contributed by atoms with Gasteiger partial charge >= 0.3 is 6.18 Å². The van der Waals surface area contributed by atoms with Crippen molar-refractivity contribution in [2.45, 2.75) is 18.0 Å². The van der Waals surface area contributed by atoms with Crippen molar-refractivity contribution in [3.8, 4) is 5.69 Å². The van der Waals surface area contributed by atoms with Crippen LogP contribution in [0.3, 0.4) is 0 Å². The minimum atomic E-state index is -4.69. The largest absolute Gasteiger partial charge is 0.416 e. The fourth-order valence-electron chi connectivity index (χ4n) is 2.60. The number of halogens is 7. The van der Waals surface area contributed by atoms with E-state index in [-0.39, 0.29) is 21.4 Å². The van der Waals surface area contributed by atoms with Gasteiger partial charge in [0.15, 0.2) is 5.69 Å². The molecule has 2 aromatic carbocycles. The highest BCUT2D eigenvalue weighted by Gasteiger charge is 2.33. The standard InChI is InChI=1S/C17H9Cl4F3N4O3S/c1-7-14(16(29)26-32(30,31)13-3-2-9(18)6-10(13)19)25-27-28(7)15-11(20)4-8(5-12(15)21)17(22,23)24/h2-6H,1H3,(H,26,29). The van der Waals surface area contributed by atoms with E-state index in [4.69, 9.17) is 46.4 Å². The molecule has 170 valence electrons. The van der Waals surface area contributed by atoms with Crippen LogP contribution in [-0.2, 0) is 16.2 Å². The third-order valence-corrected chi connectivity index (χ3v) is 6.70. The number of alkyl halides is 3. The molecule has 0 saturated heterocycles. The van der Waals surface area contributed by atoms with Crippen molar-refractivity contribution in [2.75, 3.05) is 0 Å². The molecular formula is C17H9Cl4F3N4O3S. The number of hydrogen-bond acceptors (Lipinski definition) is 5. The molecule has 32 heavy (non-hydrogen) atoms. The summed E-state index contributed by atoms with van der Waals surface area (Å²) in [5.41, 5.74) is -1.74. The molecule has 0 unspecified atom stereocenters. The lowest BCUT2D eigenvalue weighted by molar-refractivity contribution is -0.137. The quantitative estimate of drug-likeness (QED) is 0.476. The van der Waals surface area contributed by atoms with E-state index in [9.17, 15) is 26.4 Å². The monoisotopic (exact) mass is 546 g/mol. The second kappa shape index (κ2) is 8.71. The summed E-state index contributed by atoms with van der Waals surface area (Å²) in [6.45, 7) is 1.32. The Bertz CT molecular complexity index is 1320. The number of amides is 1. The van der Waals surface area contributed by atoms with Crippen molar-refractivity contribution < 1.29 is 26.4 Å².